The number of nitrogens with zero attached hydrogens (tertiary/aromatic N) is 4. The lowest BCUT2D eigenvalue weighted by Crippen LogP contribution is -2.47. The standard InChI is InChI=1S/C17H24N4O3/c1-13(22)11-20-7-9-21(10-8-20)12-16-18-17(24-19-16)14-3-5-15(23-2)6-4-14/h3-6,13,22H,7-12H2,1-2H3/t13-/m0/s1. The van der Waals surface area contributed by atoms with Gasteiger partial charge in [-0.1, -0.05) is 5.16 Å². The third kappa shape index (κ3) is 4.31. The number of methoxy groups -OCH3 is 1. The van der Waals surface area contributed by atoms with Crippen LogP contribution in [0.15, 0.2) is 28.8 Å². The normalized spacial score (nSPS) is 17.8. The number of aliphatic hydroxyl groups is 1. The molecule has 130 valence electrons. The van der Waals surface area contributed by atoms with Gasteiger partial charge in [0.2, 0.25) is 0 Å². The fourth-order valence-electron chi connectivity index (χ4n) is 2.87. The van der Waals surface area contributed by atoms with Crippen LogP contribution in [-0.4, -0.2) is 71.0 Å². The highest BCUT2D eigenvalue weighted by Gasteiger charge is 2.20. The molecule has 1 atom stereocenters. The zero-order valence-electron chi connectivity index (χ0n) is 14.2. The predicted octanol–water partition coefficient (Wildman–Crippen LogP) is 1.24. The van der Waals surface area contributed by atoms with Gasteiger partial charge in [-0.05, 0) is 31.2 Å². The molecule has 0 unspecified atom stereocenters. The Balaban J connectivity index is 1.54. The van der Waals surface area contributed by atoms with Gasteiger partial charge < -0.3 is 14.4 Å². The zero-order valence-corrected chi connectivity index (χ0v) is 14.2. The van der Waals surface area contributed by atoms with Crippen LogP contribution in [0.3, 0.4) is 0 Å². The lowest BCUT2D eigenvalue weighted by molar-refractivity contribution is 0.0768. The van der Waals surface area contributed by atoms with E-state index in [4.69, 9.17) is 9.26 Å². The first-order chi connectivity index (χ1) is 11.6. The van der Waals surface area contributed by atoms with Gasteiger partial charge in [0.15, 0.2) is 5.82 Å². The van der Waals surface area contributed by atoms with Crippen molar-refractivity contribution in [1.82, 2.24) is 19.9 Å². The van der Waals surface area contributed by atoms with E-state index in [2.05, 4.69) is 19.9 Å². The van der Waals surface area contributed by atoms with Crippen molar-refractivity contribution in [3.05, 3.63) is 30.1 Å². The maximum absolute atomic E-state index is 9.45. The molecule has 1 aromatic carbocycles. The number of hydrogen-bond donors (Lipinski definition) is 1. The smallest absolute Gasteiger partial charge is 0.257 e. The largest absolute Gasteiger partial charge is 0.497 e. The Morgan fingerprint density at radius 2 is 1.83 bits per heavy atom. The lowest BCUT2D eigenvalue weighted by atomic mass is 10.2. The number of β-amino-alcohol motifs (C(OH)–C–C–N with tert-alkyl or cyclic N) is 1. The number of rotatable bonds is 6. The minimum Gasteiger partial charge on any atom is -0.497 e. The first-order valence-corrected chi connectivity index (χ1v) is 8.24. The van der Waals surface area contributed by atoms with Crippen LogP contribution < -0.4 is 4.74 Å². The molecule has 1 fully saturated rings. The Hall–Kier alpha value is -1.96. The summed E-state index contributed by atoms with van der Waals surface area (Å²) in [6, 6.07) is 7.57. The summed E-state index contributed by atoms with van der Waals surface area (Å²) in [6.45, 7) is 7.03. The van der Waals surface area contributed by atoms with Crippen LogP contribution in [0.2, 0.25) is 0 Å². The van der Waals surface area contributed by atoms with Gasteiger partial charge in [0.1, 0.15) is 5.75 Å². The minimum absolute atomic E-state index is 0.277. The van der Waals surface area contributed by atoms with Crippen molar-refractivity contribution >= 4 is 0 Å². The van der Waals surface area contributed by atoms with Crippen LogP contribution in [0.4, 0.5) is 0 Å². The highest BCUT2D eigenvalue weighted by Crippen LogP contribution is 2.21. The molecule has 0 amide bonds. The summed E-state index contributed by atoms with van der Waals surface area (Å²) in [7, 11) is 1.64. The van der Waals surface area contributed by atoms with Crippen LogP contribution in [0, 0.1) is 0 Å². The lowest BCUT2D eigenvalue weighted by Gasteiger charge is -2.34. The second kappa shape index (κ2) is 7.74. The fraction of sp³-hybridized carbons (Fsp3) is 0.529. The van der Waals surface area contributed by atoms with E-state index in [1.807, 2.05) is 31.2 Å². The topological polar surface area (TPSA) is 74.9 Å². The van der Waals surface area contributed by atoms with E-state index < -0.39 is 0 Å². The highest BCUT2D eigenvalue weighted by molar-refractivity contribution is 5.54. The Bertz CT molecular complexity index is 634. The summed E-state index contributed by atoms with van der Waals surface area (Å²) in [5, 5.41) is 13.5. The molecular formula is C17H24N4O3. The van der Waals surface area contributed by atoms with Gasteiger partial charge in [-0.15, -0.1) is 0 Å². The van der Waals surface area contributed by atoms with Gasteiger partial charge in [0.05, 0.1) is 19.8 Å². The average molecular weight is 332 g/mol. The molecule has 0 radical (unpaired) electrons. The van der Waals surface area contributed by atoms with E-state index in [1.54, 1.807) is 7.11 Å². The van der Waals surface area contributed by atoms with Crippen molar-refractivity contribution < 1.29 is 14.4 Å². The number of piperazine rings is 1. The molecule has 2 heterocycles. The molecular weight excluding hydrogens is 308 g/mol. The summed E-state index contributed by atoms with van der Waals surface area (Å²) >= 11 is 0. The molecule has 7 nitrogen and oxygen atoms in total. The molecule has 0 bridgehead atoms. The van der Waals surface area contributed by atoms with Gasteiger partial charge in [0, 0.05) is 38.3 Å². The van der Waals surface area contributed by atoms with E-state index >= 15 is 0 Å². The van der Waals surface area contributed by atoms with E-state index in [0.717, 1.165) is 44.0 Å². The average Bonchev–Trinajstić information content (AvgIpc) is 3.05. The third-order valence-corrected chi connectivity index (χ3v) is 4.16. The molecule has 1 aliphatic heterocycles. The molecule has 1 aliphatic rings. The van der Waals surface area contributed by atoms with Gasteiger partial charge >= 0.3 is 0 Å². The fourth-order valence-corrected chi connectivity index (χ4v) is 2.87. The molecule has 1 aromatic heterocycles. The van der Waals surface area contributed by atoms with Gasteiger partial charge in [-0.2, -0.15) is 4.98 Å². The van der Waals surface area contributed by atoms with Gasteiger partial charge in [-0.3, -0.25) is 9.80 Å². The molecule has 2 aromatic rings. The molecule has 3 rings (SSSR count). The van der Waals surface area contributed by atoms with Crippen LogP contribution in [0.1, 0.15) is 12.7 Å². The maximum atomic E-state index is 9.45. The number of ether oxygens (including phenoxy) is 1. The first-order valence-electron chi connectivity index (χ1n) is 8.24. The van der Waals surface area contributed by atoms with Crippen molar-refractivity contribution in [3.63, 3.8) is 0 Å². The van der Waals surface area contributed by atoms with Crippen LogP contribution in [-0.2, 0) is 6.54 Å². The van der Waals surface area contributed by atoms with Gasteiger partial charge in [0.25, 0.3) is 5.89 Å². The van der Waals surface area contributed by atoms with Crippen LogP contribution in [0.25, 0.3) is 11.5 Å². The summed E-state index contributed by atoms with van der Waals surface area (Å²) in [6.07, 6.45) is -0.277. The molecule has 0 spiro atoms. The summed E-state index contributed by atoms with van der Waals surface area (Å²) in [5.41, 5.74) is 0.885. The maximum Gasteiger partial charge on any atom is 0.257 e. The van der Waals surface area contributed by atoms with E-state index in [9.17, 15) is 5.11 Å². The molecule has 1 N–H and O–H groups in total. The van der Waals surface area contributed by atoms with Gasteiger partial charge in [-0.25, -0.2) is 0 Å². The van der Waals surface area contributed by atoms with Crippen molar-refractivity contribution in [1.29, 1.82) is 0 Å². The Kier molecular flexibility index (Phi) is 5.44. The third-order valence-electron chi connectivity index (χ3n) is 4.16. The number of aromatic nitrogens is 2. The molecule has 0 saturated carbocycles. The number of aliphatic hydroxyl groups excluding tert-OH is 1. The predicted molar refractivity (Wildman–Crippen MR) is 89.7 cm³/mol. The Labute approximate surface area is 141 Å². The molecule has 1 saturated heterocycles. The van der Waals surface area contributed by atoms with Crippen molar-refractivity contribution in [2.75, 3.05) is 39.8 Å². The van der Waals surface area contributed by atoms with Crippen LogP contribution in [0.5, 0.6) is 5.75 Å². The SMILES string of the molecule is COc1ccc(-c2nc(CN3CCN(C[C@H](C)O)CC3)no2)cc1. The number of hydrogen-bond acceptors (Lipinski definition) is 7. The second-order valence-corrected chi connectivity index (χ2v) is 6.17. The zero-order chi connectivity index (χ0) is 16.9. The molecule has 24 heavy (non-hydrogen) atoms. The van der Waals surface area contributed by atoms with Crippen molar-refractivity contribution in [2.45, 2.75) is 19.6 Å². The highest BCUT2D eigenvalue weighted by atomic mass is 16.5. The summed E-state index contributed by atoms with van der Waals surface area (Å²) in [4.78, 5) is 9.07. The van der Waals surface area contributed by atoms with E-state index in [1.165, 1.54) is 0 Å². The summed E-state index contributed by atoms with van der Waals surface area (Å²) < 4.78 is 10.5. The monoisotopic (exact) mass is 332 g/mol. The quantitative estimate of drug-likeness (QED) is 0.853. The summed E-state index contributed by atoms with van der Waals surface area (Å²) in [5.74, 6) is 2.03. The van der Waals surface area contributed by atoms with E-state index in [-0.39, 0.29) is 6.10 Å². The Morgan fingerprint density at radius 1 is 1.17 bits per heavy atom. The first kappa shape index (κ1) is 16.9. The number of benzene rings is 1. The van der Waals surface area contributed by atoms with Crippen LogP contribution >= 0.6 is 0 Å². The molecule has 0 aliphatic carbocycles. The van der Waals surface area contributed by atoms with Crippen molar-refractivity contribution in [3.8, 4) is 17.2 Å². The Morgan fingerprint density at radius 3 is 2.46 bits per heavy atom. The molecule has 7 heteroatoms. The van der Waals surface area contributed by atoms with E-state index in [0.29, 0.717) is 18.3 Å². The van der Waals surface area contributed by atoms with Crippen molar-refractivity contribution in [2.24, 2.45) is 0 Å². The second-order valence-electron chi connectivity index (χ2n) is 6.17. The minimum atomic E-state index is -0.277.